The van der Waals surface area contributed by atoms with Crippen molar-refractivity contribution in [3.05, 3.63) is 60.2 Å². The lowest BCUT2D eigenvalue weighted by atomic mass is 10.2. The van der Waals surface area contributed by atoms with Gasteiger partial charge in [0.2, 0.25) is 5.91 Å². The Balaban J connectivity index is 1.90. The van der Waals surface area contributed by atoms with Crippen molar-refractivity contribution in [1.29, 1.82) is 0 Å². The predicted molar refractivity (Wildman–Crippen MR) is 79.3 cm³/mol. The molecule has 0 fully saturated rings. The number of rotatable bonds is 5. The van der Waals surface area contributed by atoms with E-state index in [1.54, 1.807) is 7.05 Å². The molecule has 0 aliphatic heterocycles. The van der Waals surface area contributed by atoms with E-state index < -0.39 is 11.6 Å². The fourth-order valence-electron chi connectivity index (χ4n) is 1.92. The lowest BCUT2D eigenvalue weighted by molar-refractivity contribution is -0.118. The van der Waals surface area contributed by atoms with Crippen molar-refractivity contribution in [2.75, 3.05) is 23.8 Å². The molecule has 2 aromatic carbocycles. The van der Waals surface area contributed by atoms with E-state index in [4.69, 9.17) is 0 Å². The quantitative estimate of drug-likeness (QED) is 0.915. The molecule has 3 nitrogen and oxygen atoms in total. The molecule has 0 unspecified atom stereocenters. The molecular formula is C16H16F2N2O. The molecule has 2 aromatic rings. The van der Waals surface area contributed by atoms with Crippen LogP contribution in [-0.2, 0) is 4.79 Å². The number of nitrogens with zero attached hydrogens (tertiary/aromatic N) is 1. The Kier molecular flexibility index (Phi) is 4.87. The summed E-state index contributed by atoms with van der Waals surface area (Å²) in [7, 11) is 1.67. The molecule has 0 saturated carbocycles. The summed E-state index contributed by atoms with van der Waals surface area (Å²) in [5, 5.41) is 2.62. The van der Waals surface area contributed by atoms with E-state index in [1.807, 2.05) is 30.3 Å². The summed E-state index contributed by atoms with van der Waals surface area (Å²) in [6, 6.07) is 12.8. The molecule has 0 aliphatic carbocycles. The first-order valence-electron chi connectivity index (χ1n) is 6.59. The van der Waals surface area contributed by atoms with Crippen LogP contribution >= 0.6 is 0 Å². The molecule has 0 aliphatic rings. The van der Waals surface area contributed by atoms with Crippen molar-refractivity contribution in [3.8, 4) is 0 Å². The molecule has 0 bridgehead atoms. The second-order valence-electron chi connectivity index (χ2n) is 4.56. The van der Waals surface area contributed by atoms with Gasteiger partial charge in [-0.25, -0.2) is 8.78 Å². The molecular weight excluding hydrogens is 274 g/mol. The number of halogens is 2. The van der Waals surface area contributed by atoms with Gasteiger partial charge in [-0.2, -0.15) is 0 Å². The van der Waals surface area contributed by atoms with Crippen molar-refractivity contribution in [2.24, 2.45) is 0 Å². The number of para-hydroxylation sites is 2. The van der Waals surface area contributed by atoms with Crippen LogP contribution < -0.4 is 10.2 Å². The molecule has 0 heterocycles. The van der Waals surface area contributed by atoms with Crippen molar-refractivity contribution in [1.82, 2.24) is 0 Å². The van der Waals surface area contributed by atoms with Crippen LogP contribution in [0.2, 0.25) is 0 Å². The molecule has 110 valence electrons. The van der Waals surface area contributed by atoms with Gasteiger partial charge in [-0.05, 0) is 24.3 Å². The van der Waals surface area contributed by atoms with Gasteiger partial charge in [-0.15, -0.1) is 0 Å². The zero-order chi connectivity index (χ0) is 15.2. The summed E-state index contributed by atoms with van der Waals surface area (Å²) >= 11 is 0. The Morgan fingerprint density at radius 1 is 1.05 bits per heavy atom. The summed E-state index contributed by atoms with van der Waals surface area (Å²) < 4.78 is 26.8. The van der Waals surface area contributed by atoms with Crippen molar-refractivity contribution < 1.29 is 13.6 Å². The fourth-order valence-corrected chi connectivity index (χ4v) is 1.92. The first kappa shape index (κ1) is 15.0. The van der Waals surface area contributed by atoms with Gasteiger partial charge in [0.15, 0.2) is 0 Å². The highest BCUT2D eigenvalue weighted by Gasteiger charge is 2.12. The smallest absolute Gasteiger partial charge is 0.228 e. The monoisotopic (exact) mass is 290 g/mol. The third-order valence-electron chi connectivity index (χ3n) is 3.12. The molecule has 0 aromatic heterocycles. The number of hydrogen-bond donors (Lipinski definition) is 1. The van der Waals surface area contributed by atoms with Crippen LogP contribution in [0, 0.1) is 11.6 Å². The fraction of sp³-hybridized carbons (Fsp3) is 0.188. The van der Waals surface area contributed by atoms with Crippen molar-refractivity contribution in [3.63, 3.8) is 0 Å². The van der Waals surface area contributed by atoms with Crippen LogP contribution in [0.3, 0.4) is 0 Å². The highest BCUT2D eigenvalue weighted by Crippen LogP contribution is 2.18. The minimum absolute atomic E-state index is 0.134. The molecule has 5 heteroatoms. The van der Waals surface area contributed by atoms with Gasteiger partial charge in [0.25, 0.3) is 0 Å². The molecule has 1 N–H and O–H groups in total. The van der Waals surface area contributed by atoms with Crippen molar-refractivity contribution >= 4 is 17.3 Å². The zero-order valence-electron chi connectivity index (χ0n) is 11.6. The van der Waals surface area contributed by atoms with Gasteiger partial charge in [0.05, 0.1) is 0 Å². The molecule has 0 atom stereocenters. The van der Waals surface area contributed by atoms with Gasteiger partial charge >= 0.3 is 0 Å². The van der Waals surface area contributed by atoms with E-state index in [2.05, 4.69) is 5.32 Å². The highest BCUT2D eigenvalue weighted by molar-refractivity contribution is 5.93. The van der Waals surface area contributed by atoms with Crippen LogP contribution in [0.25, 0.3) is 0 Å². The maximum atomic E-state index is 13.4. The molecule has 0 radical (unpaired) electrons. The number of carbonyl (C=O) groups is 1. The maximum absolute atomic E-state index is 13.4. The zero-order valence-corrected chi connectivity index (χ0v) is 11.6. The molecule has 1 amide bonds. The standard InChI is InChI=1S/C16H16F2N2O/c1-20(12-6-3-2-4-7-12)15(21)10-11-19-16-13(17)8-5-9-14(16)18/h2-9,19H,10-11H2,1H3. The second-order valence-corrected chi connectivity index (χ2v) is 4.56. The van der Waals surface area contributed by atoms with Crippen LogP contribution in [0.4, 0.5) is 20.2 Å². The van der Waals surface area contributed by atoms with Gasteiger partial charge in [0, 0.05) is 25.7 Å². The summed E-state index contributed by atoms with van der Waals surface area (Å²) in [6.07, 6.45) is 0.138. The van der Waals surface area contributed by atoms with E-state index in [9.17, 15) is 13.6 Å². The third-order valence-corrected chi connectivity index (χ3v) is 3.12. The van der Waals surface area contributed by atoms with Crippen LogP contribution in [0.5, 0.6) is 0 Å². The van der Waals surface area contributed by atoms with Gasteiger partial charge < -0.3 is 10.2 Å². The maximum Gasteiger partial charge on any atom is 0.228 e. The normalized spacial score (nSPS) is 10.2. The lowest BCUT2D eigenvalue weighted by Crippen LogP contribution is -2.28. The summed E-state index contributed by atoms with van der Waals surface area (Å²) in [5.74, 6) is -1.47. The number of benzene rings is 2. The molecule has 0 saturated heterocycles. The average Bonchev–Trinajstić information content (AvgIpc) is 2.50. The van der Waals surface area contributed by atoms with Crippen molar-refractivity contribution in [2.45, 2.75) is 6.42 Å². The minimum atomic E-state index is -0.668. The third kappa shape index (κ3) is 3.78. The number of anilines is 2. The highest BCUT2D eigenvalue weighted by atomic mass is 19.1. The Morgan fingerprint density at radius 3 is 2.29 bits per heavy atom. The van der Waals surface area contributed by atoms with Crippen LogP contribution in [0.15, 0.2) is 48.5 Å². The van der Waals surface area contributed by atoms with E-state index >= 15 is 0 Å². The summed E-state index contributed by atoms with van der Waals surface area (Å²) in [5.41, 5.74) is 0.576. The van der Waals surface area contributed by atoms with Crippen LogP contribution in [-0.4, -0.2) is 19.5 Å². The first-order chi connectivity index (χ1) is 10.1. The number of nitrogens with one attached hydrogen (secondary N) is 1. The summed E-state index contributed by atoms with van der Waals surface area (Å²) in [6.45, 7) is 0.161. The molecule has 0 spiro atoms. The molecule has 21 heavy (non-hydrogen) atoms. The van der Waals surface area contributed by atoms with Gasteiger partial charge in [-0.1, -0.05) is 24.3 Å². The summed E-state index contributed by atoms with van der Waals surface area (Å²) in [4.78, 5) is 13.5. The average molecular weight is 290 g/mol. The second kappa shape index (κ2) is 6.83. The van der Waals surface area contributed by atoms with E-state index in [-0.39, 0.29) is 24.6 Å². The van der Waals surface area contributed by atoms with Crippen LogP contribution in [0.1, 0.15) is 6.42 Å². The Labute approximate surface area is 122 Å². The lowest BCUT2D eigenvalue weighted by Gasteiger charge is -2.17. The van der Waals surface area contributed by atoms with E-state index in [1.165, 1.54) is 23.1 Å². The SMILES string of the molecule is CN(C(=O)CCNc1c(F)cccc1F)c1ccccc1. The topological polar surface area (TPSA) is 32.3 Å². The van der Waals surface area contributed by atoms with Gasteiger partial charge in [-0.3, -0.25) is 4.79 Å². The number of hydrogen-bond acceptors (Lipinski definition) is 2. The predicted octanol–water partition coefficient (Wildman–Crippen LogP) is 3.43. The van der Waals surface area contributed by atoms with Gasteiger partial charge in [0.1, 0.15) is 17.3 Å². The number of amides is 1. The van der Waals surface area contributed by atoms with E-state index in [0.717, 1.165) is 5.69 Å². The van der Waals surface area contributed by atoms with E-state index in [0.29, 0.717) is 0 Å². The number of carbonyl (C=O) groups excluding carboxylic acids is 1. The first-order valence-corrected chi connectivity index (χ1v) is 6.59. The Bertz CT molecular complexity index is 597. The minimum Gasteiger partial charge on any atom is -0.380 e. The Hall–Kier alpha value is -2.43. The largest absolute Gasteiger partial charge is 0.380 e. The Morgan fingerprint density at radius 2 is 1.67 bits per heavy atom. The molecule has 2 rings (SSSR count).